The maximum atomic E-state index is 5.21. The number of fused-ring (bicyclic) bond motifs is 9. The Bertz CT molecular complexity index is 3300. The molecule has 7 aromatic carbocycles. The van der Waals surface area contributed by atoms with Crippen molar-refractivity contribution in [2.24, 2.45) is 0 Å². The third kappa shape index (κ3) is 4.84. The topological polar surface area (TPSA) is 48.5 Å². The van der Waals surface area contributed by atoms with Gasteiger partial charge in [-0.1, -0.05) is 84.9 Å². The molecule has 4 heterocycles. The van der Waals surface area contributed by atoms with Gasteiger partial charge in [-0.15, -0.1) is 0 Å². The minimum absolute atomic E-state index is 0.925. The zero-order chi connectivity index (χ0) is 37.3. The number of pyridine rings is 2. The number of para-hydroxylation sites is 3. The lowest BCUT2D eigenvalue weighted by molar-refractivity contribution is 1.04. The number of hydrogen-bond acceptors (Lipinski definition) is 3. The van der Waals surface area contributed by atoms with Crippen molar-refractivity contribution in [3.05, 3.63) is 187 Å². The summed E-state index contributed by atoms with van der Waals surface area (Å²) in [6, 6.07) is 58.2. The highest BCUT2D eigenvalue weighted by Gasteiger charge is 2.23. The molecule has 0 unspecified atom stereocenters. The van der Waals surface area contributed by atoms with E-state index in [-0.39, 0.29) is 0 Å². The molecule has 0 bridgehead atoms. The quantitative estimate of drug-likeness (QED) is 0.167. The van der Waals surface area contributed by atoms with Crippen LogP contribution in [0, 0.1) is 13.8 Å². The molecule has 0 atom stereocenters. The van der Waals surface area contributed by atoms with E-state index in [9.17, 15) is 0 Å². The molecule has 0 aliphatic rings. The third-order valence-electron chi connectivity index (χ3n) is 11.4. The predicted molar refractivity (Wildman–Crippen MR) is 232 cm³/mol. The highest BCUT2D eigenvalue weighted by Crippen LogP contribution is 2.46. The number of aryl methyl sites for hydroxylation is 1. The zero-order valence-electron chi connectivity index (χ0n) is 31.0. The number of hydrogen-bond donors (Lipinski definition) is 0. The van der Waals surface area contributed by atoms with Gasteiger partial charge in [0.05, 0.1) is 27.9 Å². The molecular formula is C51H35N5. The van der Waals surface area contributed by atoms with Gasteiger partial charge in [0.15, 0.2) is 0 Å². The van der Waals surface area contributed by atoms with Gasteiger partial charge >= 0.3 is 0 Å². The van der Waals surface area contributed by atoms with Gasteiger partial charge in [0.25, 0.3) is 0 Å². The third-order valence-corrected chi connectivity index (χ3v) is 11.4. The molecule has 11 aromatic rings. The van der Waals surface area contributed by atoms with Crippen molar-refractivity contribution in [2.75, 3.05) is 0 Å². The van der Waals surface area contributed by atoms with Gasteiger partial charge in [0.1, 0.15) is 5.82 Å². The van der Waals surface area contributed by atoms with Crippen molar-refractivity contribution in [1.29, 1.82) is 0 Å². The molecule has 0 N–H and O–H groups in total. The van der Waals surface area contributed by atoms with E-state index in [2.05, 4.69) is 180 Å². The normalized spacial score (nSPS) is 11.8. The summed E-state index contributed by atoms with van der Waals surface area (Å²) in [4.78, 5) is 14.6. The van der Waals surface area contributed by atoms with Crippen LogP contribution in [0.1, 0.15) is 11.3 Å². The molecule has 5 heteroatoms. The summed E-state index contributed by atoms with van der Waals surface area (Å²) in [5, 5.41) is 8.64. The molecule has 0 radical (unpaired) electrons. The molecule has 0 aliphatic carbocycles. The van der Waals surface area contributed by atoms with Gasteiger partial charge in [-0.05, 0) is 125 Å². The minimum Gasteiger partial charge on any atom is -0.313 e. The Morgan fingerprint density at radius 2 is 1.11 bits per heavy atom. The summed E-state index contributed by atoms with van der Waals surface area (Å²) < 4.78 is 4.72. The van der Waals surface area contributed by atoms with Crippen LogP contribution in [0.3, 0.4) is 0 Å². The first-order valence-corrected chi connectivity index (χ1v) is 19.0. The molecule has 56 heavy (non-hydrogen) atoms. The fraction of sp³-hybridized carbons (Fsp3) is 0.0392. The molecule has 4 aromatic heterocycles. The van der Waals surface area contributed by atoms with Gasteiger partial charge in [-0.25, -0.2) is 9.97 Å². The molecule has 11 rings (SSSR count). The van der Waals surface area contributed by atoms with Gasteiger partial charge in [-0.3, -0.25) is 9.55 Å². The Morgan fingerprint density at radius 3 is 1.91 bits per heavy atom. The van der Waals surface area contributed by atoms with Crippen LogP contribution in [0.5, 0.6) is 0 Å². The average Bonchev–Trinajstić information content (AvgIpc) is 3.78. The van der Waals surface area contributed by atoms with Crippen molar-refractivity contribution in [1.82, 2.24) is 24.1 Å². The SMILES string of the molecule is Cc1c(C)n(-c2ccc(-c3nc4ccccc4n3-c3ccccc3)cc2)c2c3ccccc3c3cc(-c4cccc(-c5ccncc5)n4)c4ccccc4c3c12. The van der Waals surface area contributed by atoms with E-state index in [0.29, 0.717) is 0 Å². The van der Waals surface area contributed by atoms with Crippen molar-refractivity contribution in [2.45, 2.75) is 13.8 Å². The number of rotatable bonds is 5. The predicted octanol–water partition coefficient (Wildman–Crippen LogP) is 12.8. The van der Waals surface area contributed by atoms with Crippen LogP contribution in [0.25, 0.3) is 99.5 Å². The lowest BCUT2D eigenvalue weighted by Gasteiger charge is -2.17. The monoisotopic (exact) mass is 717 g/mol. The minimum atomic E-state index is 0.925. The second-order valence-corrected chi connectivity index (χ2v) is 14.5. The zero-order valence-corrected chi connectivity index (χ0v) is 31.0. The van der Waals surface area contributed by atoms with E-state index >= 15 is 0 Å². The van der Waals surface area contributed by atoms with E-state index in [0.717, 1.165) is 56.3 Å². The first-order chi connectivity index (χ1) is 27.6. The lowest BCUT2D eigenvalue weighted by Crippen LogP contribution is -1.99. The van der Waals surface area contributed by atoms with Gasteiger partial charge in [-0.2, -0.15) is 0 Å². The van der Waals surface area contributed by atoms with E-state index in [1.807, 2.05) is 24.5 Å². The second kappa shape index (κ2) is 12.6. The summed E-state index contributed by atoms with van der Waals surface area (Å²) in [7, 11) is 0. The number of imidazole rings is 1. The summed E-state index contributed by atoms with van der Waals surface area (Å²) >= 11 is 0. The summed E-state index contributed by atoms with van der Waals surface area (Å²) in [6.07, 6.45) is 3.64. The summed E-state index contributed by atoms with van der Waals surface area (Å²) in [5.74, 6) is 0.925. The molecule has 0 fully saturated rings. The van der Waals surface area contributed by atoms with Crippen LogP contribution in [-0.4, -0.2) is 24.1 Å². The lowest BCUT2D eigenvalue weighted by atomic mass is 9.89. The van der Waals surface area contributed by atoms with E-state index in [1.165, 1.54) is 54.5 Å². The molecule has 0 aliphatic heterocycles. The van der Waals surface area contributed by atoms with Gasteiger partial charge < -0.3 is 4.57 Å². The highest BCUT2D eigenvalue weighted by atomic mass is 15.1. The molecule has 0 spiro atoms. The number of nitrogens with zero attached hydrogens (tertiary/aromatic N) is 5. The van der Waals surface area contributed by atoms with E-state index < -0.39 is 0 Å². The maximum Gasteiger partial charge on any atom is 0.145 e. The molecule has 0 amide bonds. The highest BCUT2D eigenvalue weighted by molar-refractivity contribution is 6.33. The molecule has 264 valence electrons. The molecular weight excluding hydrogens is 683 g/mol. The van der Waals surface area contributed by atoms with E-state index in [1.54, 1.807) is 0 Å². The Hall–Kier alpha value is -7.37. The molecule has 0 saturated carbocycles. The Morgan fingerprint density at radius 1 is 0.446 bits per heavy atom. The smallest absolute Gasteiger partial charge is 0.145 e. The average molecular weight is 718 g/mol. The van der Waals surface area contributed by atoms with Crippen molar-refractivity contribution in [3.8, 4) is 45.3 Å². The van der Waals surface area contributed by atoms with Gasteiger partial charge in [0.2, 0.25) is 0 Å². The number of aromatic nitrogens is 5. The van der Waals surface area contributed by atoms with Crippen molar-refractivity contribution >= 4 is 54.3 Å². The fourth-order valence-corrected chi connectivity index (χ4v) is 8.77. The number of benzene rings is 7. The largest absolute Gasteiger partial charge is 0.313 e. The first kappa shape index (κ1) is 32.1. The van der Waals surface area contributed by atoms with Crippen LogP contribution < -0.4 is 0 Å². The van der Waals surface area contributed by atoms with Crippen LogP contribution >= 0.6 is 0 Å². The van der Waals surface area contributed by atoms with E-state index in [4.69, 9.17) is 9.97 Å². The Balaban J connectivity index is 1.14. The Kier molecular flexibility index (Phi) is 7.23. The maximum absolute atomic E-state index is 5.21. The Labute approximate surface area is 323 Å². The van der Waals surface area contributed by atoms with Crippen LogP contribution in [0.4, 0.5) is 0 Å². The fourth-order valence-electron chi connectivity index (χ4n) is 8.77. The van der Waals surface area contributed by atoms with Crippen LogP contribution in [0.15, 0.2) is 176 Å². The van der Waals surface area contributed by atoms with Crippen molar-refractivity contribution < 1.29 is 0 Å². The van der Waals surface area contributed by atoms with Crippen LogP contribution in [-0.2, 0) is 0 Å². The summed E-state index contributed by atoms with van der Waals surface area (Å²) in [5.41, 5.74) is 13.1. The van der Waals surface area contributed by atoms with Crippen molar-refractivity contribution in [3.63, 3.8) is 0 Å². The molecule has 0 saturated heterocycles. The first-order valence-electron chi connectivity index (χ1n) is 19.0. The second-order valence-electron chi connectivity index (χ2n) is 14.5. The molecule has 5 nitrogen and oxygen atoms in total. The van der Waals surface area contributed by atoms with Gasteiger partial charge in [0, 0.05) is 56.9 Å². The summed E-state index contributed by atoms with van der Waals surface area (Å²) in [6.45, 7) is 4.53. The van der Waals surface area contributed by atoms with Crippen LogP contribution in [0.2, 0.25) is 0 Å². The standard InChI is InChI=1S/C51H35N5/c1-32-33(2)55(37-25-23-35(24-26-37)51-54-46-19-10-11-22-47(46)56(51)36-13-4-3-5-14-36)50-41-18-9-7-16-39(41)43-31-42(38-15-6-8-17-40(38)49(43)48(32)50)45-21-12-20-44(53-45)34-27-29-52-30-28-34/h3-31H,1-2H3.